The van der Waals surface area contributed by atoms with Gasteiger partial charge in [-0.25, -0.2) is 0 Å². The second-order valence-electron chi connectivity index (χ2n) is 0. The van der Waals surface area contributed by atoms with E-state index in [0.717, 1.165) is 0 Å². The summed E-state index contributed by atoms with van der Waals surface area (Å²) in [6.45, 7) is 0. The van der Waals surface area contributed by atoms with E-state index in [4.69, 9.17) is 3.90 Å². The molecule has 0 aromatic heterocycles. The third-order valence-corrected chi connectivity index (χ3v) is 0. The summed E-state index contributed by atoms with van der Waals surface area (Å²) in [6.07, 6.45) is 0. The first-order valence-electron chi connectivity index (χ1n) is 0.129. The monoisotopic (exact) mass is 132 g/mol. The smallest absolute Gasteiger partial charge is 0 e. The van der Waals surface area contributed by atoms with Crippen LogP contribution in [0.5, 0.6) is 0 Å². The zero-order chi connectivity index (χ0) is 2.00. The fraction of sp³-hybridized carbons (Fsp3) is 0. The van der Waals surface area contributed by atoms with Crippen LogP contribution in [0.3, 0.4) is 0 Å². The third-order valence-electron chi connectivity index (χ3n) is 0. The summed E-state index contributed by atoms with van der Waals surface area (Å²) in [5, 5.41) is 0. The fourth-order valence-electron chi connectivity index (χ4n) is 0. The summed E-state index contributed by atoms with van der Waals surface area (Å²) in [5.41, 5.74) is 0. The van der Waals surface area contributed by atoms with Crippen LogP contribution >= 0.6 is 0 Å². The van der Waals surface area contributed by atoms with E-state index in [-0.39, 0.29) is 37.4 Å². The zero-order valence-corrected chi connectivity index (χ0v) is 4.56. The molecular weight excluding hydrogens is 133 g/mol. The molecule has 0 aromatic carbocycles. The van der Waals surface area contributed by atoms with Crippen molar-refractivity contribution < 1.29 is 37.8 Å². The van der Waals surface area contributed by atoms with Gasteiger partial charge in [0.25, 0.3) is 0 Å². The van der Waals surface area contributed by atoms with Crippen molar-refractivity contribution in [2.24, 2.45) is 0 Å². The van der Waals surface area contributed by atoms with Gasteiger partial charge in [0.2, 0.25) is 0 Å². The molecule has 4 heteroatoms. The van der Waals surface area contributed by atoms with Gasteiger partial charge in [-0.1, -0.05) is 0 Å². The number of hydrogen-bond acceptors (Lipinski definition) is 1. The van der Waals surface area contributed by atoms with E-state index in [1.807, 2.05) is 0 Å². The van der Waals surface area contributed by atoms with Crippen LogP contribution in [0.1, 0.15) is 0 Å². The first kappa shape index (κ1) is 17.9. The summed E-state index contributed by atoms with van der Waals surface area (Å²) in [6, 6.07) is 0. The molecular formula is LiNiOV. The first-order valence-corrected chi connectivity index (χ1v) is 0.532. The number of hydrogen-bond donors (Lipinski definition) is 0. The topological polar surface area (TPSA) is 17.1 Å². The largest absolute Gasteiger partial charge is 0 e. The summed E-state index contributed by atoms with van der Waals surface area (Å²) in [5.74, 6) is 0. The van der Waals surface area contributed by atoms with Gasteiger partial charge in [-0.2, -0.15) is 0 Å². The minimum Gasteiger partial charge on any atom is 0 e. The van der Waals surface area contributed by atoms with Crippen LogP contribution in [0.4, 0.5) is 0 Å². The normalized spacial score (nSPS) is 1.50. The summed E-state index contributed by atoms with van der Waals surface area (Å²) >= 11 is 2.62. The van der Waals surface area contributed by atoms with E-state index < -0.39 is 0 Å². The molecule has 0 N–H and O–H groups in total. The average Bonchev–Trinajstić information content (AvgIpc) is 1.00. The summed E-state index contributed by atoms with van der Waals surface area (Å²) < 4.78 is 7.88. The molecule has 0 spiro atoms. The molecule has 1 nitrogen and oxygen atoms in total. The van der Waals surface area contributed by atoms with E-state index in [1.165, 1.54) is 0 Å². The Morgan fingerprint density at radius 3 is 1.25 bits per heavy atom. The Bertz CT molecular complexity index is 8.00. The van der Waals surface area contributed by atoms with Gasteiger partial charge in [-0.15, -0.1) is 0 Å². The van der Waals surface area contributed by atoms with E-state index in [0.29, 0.717) is 0 Å². The molecule has 0 aliphatic carbocycles. The molecule has 0 saturated carbocycles. The van der Waals surface area contributed by atoms with Gasteiger partial charge >= 0.3 is 19.3 Å². The van der Waals surface area contributed by atoms with Crippen LogP contribution in [-0.2, 0) is 37.8 Å². The standard InChI is InChI=1S/Li.Ni.O.V. The van der Waals surface area contributed by atoms with Crippen molar-refractivity contribution in [3.8, 4) is 0 Å². The van der Waals surface area contributed by atoms with Crippen LogP contribution in [0.15, 0.2) is 0 Å². The van der Waals surface area contributed by atoms with Crippen LogP contribution in [-0.4, -0.2) is 18.9 Å². The maximum Gasteiger partial charge on any atom is 0 e. The molecule has 0 heterocycles. The average molecular weight is 133 g/mol. The van der Waals surface area contributed by atoms with Crippen molar-refractivity contribution in [3.63, 3.8) is 0 Å². The van der Waals surface area contributed by atoms with E-state index >= 15 is 0 Å². The van der Waals surface area contributed by atoms with Gasteiger partial charge in [0.1, 0.15) is 0 Å². The van der Waals surface area contributed by atoms with Gasteiger partial charge in [-0.05, 0) is 0 Å². The Balaban J connectivity index is -0.00000000500. The van der Waals surface area contributed by atoms with Crippen molar-refractivity contribution in [3.05, 3.63) is 0 Å². The fourth-order valence-corrected chi connectivity index (χ4v) is 0. The minimum absolute atomic E-state index is 0. The summed E-state index contributed by atoms with van der Waals surface area (Å²) in [7, 11) is 0. The van der Waals surface area contributed by atoms with E-state index in [9.17, 15) is 0 Å². The molecule has 2 radical (unpaired) electrons. The number of rotatable bonds is 0. The molecule has 0 unspecified atom stereocenters. The predicted molar refractivity (Wildman–Crippen MR) is 6.44 cm³/mol. The quantitative estimate of drug-likeness (QED) is 0.406. The second-order valence-corrected chi connectivity index (χ2v) is 0. The van der Waals surface area contributed by atoms with Crippen LogP contribution in [0.2, 0.25) is 0 Å². The Kier molecular flexibility index (Phi) is 111. The minimum atomic E-state index is 0. The molecule has 0 fully saturated rings. The van der Waals surface area contributed by atoms with Crippen molar-refractivity contribution in [2.45, 2.75) is 0 Å². The molecule has 0 aliphatic rings. The SMILES string of the molecule is [Li].[O]=[Ni].[V]. The molecule has 22 valence electrons. The molecule has 0 amide bonds. The Morgan fingerprint density at radius 2 is 1.25 bits per heavy atom. The Hall–Kier alpha value is 1.48. The third kappa shape index (κ3) is 9.78. The Labute approximate surface area is 56.5 Å². The van der Waals surface area contributed by atoms with Gasteiger partial charge in [0.05, 0.1) is 0 Å². The Morgan fingerprint density at radius 1 is 1.25 bits per heavy atom. The molecule has 0 bridgehead atoms. The molecule has 4 heavy (non-hydrogen) atoms. The van der Waals surface area contributed by atoms with Crippen molar-refractivity contribution in [2.75, 3.05) is 0 Å². The molecule has 0 aliphatic heterocycles. The van der Waals surface area contributed by atoms with Gasteiger partial charge in [0, 0.05) is 37.4 Å². The zero-order valence-electron chi connectivity index (χ0n) is 2.17. The van der Waals surface area contributed by atoms with Gasteiger partial charge < -0.3 is 0 Å². The van der Waals surface area contributed by atoms with Crippen LogP contribution in [0.25, 0.3) is 0 Å². The molecule has 0 rings (SSSR count). The molecule has 0 aromatic rings. The second kappa shape index (κ2) is 24.8. The van der Waals surface area contributed by atoms with Crippen LogP contribution in [0, 0.1) is 0 Å². The van der Waals surface area contributed by atoms with Crippen molar-refractivity contribution >= 4 is 18.9 Å². The van der Waals surface area contributed by atoms with Crippen LogP contribution < -0.4 is 0 Å². The summed E-state index contributed by atoms with van der Waals surface area (Å²) in [4.78, 5) is 0. The molecule has 0 saturated heterocycles. The van der Waals surface area contributed by atoms with E-state index in [2.05, 4.69) is 15.4 Å². The van der Waals surface area contributed by atoms with Gasteiger partial charge in [-0.3, -0.25) is 0 Å². The maximum absolute atomic E-state index is 7.88. The first-order chi connectivity index (χ1) is 1.00. The van der Waals surface area contributed by atoms with Crippen molar-refractivity contribution in [1.29, 1.82) is 0 Å². The maximum atomic E-state index is 7.88. The van der Waals surface area contributed by atoms with Crippen molar-refractivity contribution in [1.82, 2.24) is 0 Å². The molecule has 0 atom stereocenters. The van der Waals surface area contributed by atoms with E-state index in [1.54, 1.807) is 0 Å². The predicted octanol–water partition coefficient (Wildman–Crippen LogP) is -0.505. The van der Waals surface area contributed by atoms with Gasteiger partial charge in [0.15, 0.2) is 0 Å².